The van der Waals surface area contributed by atoms with Crippen molar-refractivity contribution in [2.75, 3.05) is 6.61 Å². The summed E-state index contributed by atoms with van der Waals surface area (Å²) in [4.78, 5) is 0. The van der Waals surface area contributed by atoms with Gasteiger partial charge in [-0.05, 0) is 78.8 Å². The molecule has 0 amide bonds. The molecule has 2 aliphatic rings. The van der Waals surface area contributed by atoms with E-state index in [-0.39, 0.29) is 11.7 Å². The summed E-state index contributed by atoms with van der Waals surface area (Å²) in [6.45, 7) is 2.32. The maximum Gasteiger partial charge on any atom is 0.194 e. The first-order valence-corrected chi connectivity index (χ1v) is 12.2. The molecule has 0 spiro atoms. The molecular formula is C27H31F5O2. The van der Waals surface area contributed by atoms with Crippen LogP contribution in [-0.2, 0) is 11.3 Å². The summed E-state index contributed by atoms with van der Waals surface area (Å²) in [5.41, 5.74) is 0.330. The number of benzene rings is 2. The van der Waals surface area contributed by atoms with Gasteiger partial charge in [0.1, 0.15) is 6.61 Å². The first-order chi connectivity index (χ1) is 16.4. The highest BCUT2D eigenvalue weighted by Gasteiger charge is 2.32. The third-order valence-corrected chi connectivity index (χ3v) is 7.39. The molecule has 2 unspecified atom stereocenters. The van der Waals surface area contributed by atoms with Gasteiger partial charge in [-0.3, -0.25) is 0 Å². The van der Waals surface area contributed by atoms with Crippen LogP contribution in [0.1, 0.15) is 75.5 Å². The molecule has 1 aliphatic heterocycles. The maximum atomic E-state index is 14.6. The highest BCUT2D eigenvalue weighted by Crippen LogP contribution is 2.42. The van der Waals surface area contributed by atoms with E-state index in [9.17, 15) is 22.0 Å². The Bertz CT molecular complexity index is 933. The first kappa shape index (κ1) is 25.0. The highest BCUT2D eigenvalue weighted by atomic mass is 19.2. The quantitative estimate of drug-likeness (QED) is 0.294. The predicted molar refractivity (Wildman–Crippen MR) is 119 cm³/mol. The minimum atomic E-state index is -1.61. The first-order valence-electron chi connectivity index (χ1n) is 12.2. The van der Waals surface area contributed by atoms with Crippen LogP contribution in [0.5, 0.6) is 5.75 Å². The normalized spacial score (nSPS) is 25.4. The van der Waals surface area contributed by atoms with Crippen LogP contribution in [0.2, 0.25) is 0 Å². The van der Waals surface area contributed by atoms with Crippen molar-refractivity contribution in [2.24, 2.45) is 17.8 Å². The van der Waals surface area contributed by atoms with Crippen molar-refractivity contribution in [3.63, 3.8) is 0 Å². The van der Waals surface area contributed by atoms with E-state index in [2.05, 4.69) is 6.92 Å². The Labute approximate surface area is 197 Å². The van der Waals surface area contributed by atoms with Gasteiger partial charge >= 0.3 is 0 Å². The van der Waals surface area contributed by atoms with Crippen LogP contribution in [0.4, 0.5) is 22.0 Å². The molecule has 2 aromatic rings. The van der Waals surface area contributed by atoms with Crippen molar-refractivity contribution in [3.8, 4) is 5.75 Å². The molecule has 0 bridgehead atoms. The van der Waals surface area contributed by atoms with Crippen molar-refractivity contribution < 1.29 is 31.4 Å². The Morgan fingerprint density at radius 2 is 1.41 bits per heavy atom. The van der Waals surface area contributed by atoms with Gasteiger partial charge in [-0.25, -0.2) is 22.0 Å². The largest absolute Gasteiger partial charge is 0.483 e. The van der Waals surface area contributed by atoms with Gasteiger partial charge in [-0.2, -0.15) is 0 Å². The Balaban J connectivity index is 1.33. The SMILES string of the molecule is CCCC1CCC(C2CCC(c3cc(F)c(OCc4cc(F)c(F)c(F)c4)c(F)c3)OC2)CC1. The van der Waals surface area contributed by atoms with E-state index in [0.29, 0.717) is 30.4 Å². The number of hydrogen-bond donors (Lipinski definition) is 0. The van der Waals surface area contributed by atoms with Crippen molar-refractivity contribution in [1.29, 1.82) is 0 Å². The molecule has 2 nitrogen and oxygen atoms in total. The number of halogens is 5. The molecule has 0 radical (unpaired) electrons. The molecule has 186 valence electrons. The molecule has 34 heavy (non-hydrogen) atoms. The summed E-state index contributed by atoms with van der Waals surface area (Å²) >= 11 is 0. The van der Waals surface area contributed by atoms with Gasteiger partial charge in [0.25, 0.3) is 0 Å². The topological polar surface area (TPSA) is 18.5 Å². The van der Waals surface area contributed by atoms with Crippen LogP contribution in [0, 0.1) is 46.8 Å². The van der Waals surface area contributed by atoms with Crippen LogP contribution in [0.3, 0.4) is 0 Å². The monoisotopic (exact) mass is 482 g/mol. The summed E-state index contributed by atoms with van der Waals surface area (Å²) in [5.74, 6) is -4.86. The fourth-order valence-electron chi connectivity index (χ4n) is 5.51. The molecule has 2 atom stereocenters. The zero-order valence-electron chi connectivity index (χ0n) is 19.4. The lowest BCUT2D eigenvalue weighted by Gasteiger charge is -2.38. The third kappa shape index (κ3) is 5.73. The summed E-state index contributed by atoms with van der Waals surface area (Å²) in [5, 5.41) is 0. The van der Waals surface area contributed by atoms with E-state index in [1.54, 1.807) is 0 Å². The lowest BCUT2D eigenvalue weighted by molar-refractivity contribution is -0.0407. The summed E-state index contributed by atoms with van der Waals surface area (Å²) < 4.78 is 80.2. The second-order valence-corrected chi connectivity index (χ2v) is 9.70. The molecule has 1 saturated heterocycles. The Morgan fingerprint density at radius 3 is 1.97 bits per heavy atom. The average molecular weight is 483 g/mol. The smallest absolute Gasteiger partial charge is 0.194 e. The molecule has 7 heteroatoms. The van der Waals surface area contributed by atoms with Crippen LogP contribution in [0.25, 0.3) is 0 Å². The number of ether oxygens (including phenoxy) is 2. The minimum absolute atomic E-state index is 0.0790. The average Bonchev–Trinajstić information content (AvgIpc) is 2.82. The molecule has 1 aliphatic carbocycles. The lowest BCUT2D eigenvalue weighted by atomic mass is 9.73. The number of rotatable bonds is 7. The summed E-state index contributed by atoms with van der Waals surface area (Å²) in [6, 6.07) is 3.83. The fraction of sp³-hybridized carbons (Fsp3) is 0.556. The predicted octanol–water partition coefficient (Wildman–Crippen LogP) is 8.04. The van der Waals surface area contributed by atoms with E-state index in [1.165, 1.54) is 50.7 Å². The highest BCUT2D eigenvalue weighted by molar-refractivity contribution is 5.33. The summed E-state index contributed by atoms with van der Waals surface area (Å²) in [7, 11) is 0. The van der Waals surface area contributed by atoms with E-state index in [0.717, 1.165) is 24.5 Å². The maximum absolute atomic E-state index is 14.6. The van der Waals surface area contributed by atoms with Crippen LogP contribution in [0.15, 0.2) is 24.3 Å². The number of hydrogen-bond acceptors (Lipinski definition) is 2. The van der Waals surface area contributed by atoms with Gasteiger partial charge < -0.3 is 9.47 Å². The van der Waals surface area contributed by atoms with Gasteiger partial charge in [-0.1, -0.05) is 32.6 Å². The molecule has 2 fully saturated rings. The third-order valence-electron chi connectivity index (χ3n) is 7.39. The van der Waals surface area contributed by atoms with E-state index in [4.69, 9.17) is 9.47 Å². The van der Waals surface area contributed by atoms with Crippen molar-refractivity contribution >= 4 is 0 Å². The Hall–Kier alpha value is -2.15. The van der Waals surface area contributed by atoms with Gasteiger partial charge in [0, 0.05) is 0 Å². The fourth-order valence-corrected chi connectivity index (χ4v) is 5.51. The minimum Gasteiger partial charge on any atom is -0.483 e. The molecular weight excluding hydrogens is 451 g/mol. The molecule has 0 aromatic heterocycles. The second-order valence-electron chi connectivity index (χ2n) is 9.70. The molecule has 0 N–H and O–H groups in total. The van der Waals surface area contributed by atoms with E-state index in [1.807, 2.05) is 0 Å². The molecule has 2 aromatic carbocycles. The van der Waals surface area contributed by atoms with E-state index < -0.39 is 41.4 Å². The molecule has 4 rings (SSSR count). The Morgan fingerprint density at radius 1 is 0.794 bits per heavy atom. The van der Waals surface area contributed by atoms with Crippen LogP contribution in [-0.4, -0.2) is 6.61 Å². The molecule has 1 saturated carbocycles. The van der Waals surface area contributed by atoms with E-state index >= 15 is 0 Å². The second kappa shape index (κ2) is 11.1. The van der Waals surface area contributed by atoms with Crippen molar-refractivity contribution in [1.82, 2.24) is 0 Å². The van der Waals surface area contributed by atoms with Gasteiger partial charge in [-0.15, -0.1) is 0 Å². The van der Waals surface area contributed by atoms with Gasteiger partial charge in [0.05, 0.1) is 12.7 Å². The van der Waals surface area contributed by atoms with Gasteiger partial charge in [0.2, 0.25) is 0 Å². The zero-order valence-corrected chi connectivity index (χ0v) is 19.4. The van der Waals surface area contributed by atoms with Crippen molar-refractivity contribution in [3.05, 3.63) is 64.5 Å². The standard InChI is InChI=1S/C27H31F5O2/c1-2-3-16-4-6-18(7-5-16)19-8-9-25(33-15-19)20-12-23(30)27(24(31)13-20)34-14-17-10-21(28)26(32)22(29)11-17/h10-13,16,18-19,25H,2-9,14-15H2,1H3. The lowest BCUT2D eigenvalue weighted by Crippen LogP contribution is -2.29. The van der Waals surface area contributed by atoms with Gasteiger partial charge in [0.15, 0.2) is 34.8 Å². The molecule has 1 heterocycles. The van der Waals surface area contributed by atoms with Crippen LogP contribution >= 0.6 is 0 Å². The van der Waals surface area contributed by atoms with Crippen molar-refractivity contribution in [2.45, 2.75) is 71.0 Å². The summed E-state index contributed by atoms with van der Waals surface area (Å²) in [6.07, 6.45) is 8.88. The Kier molecular flexibility index (Phi) is 8.12. The zero-order chi connectivity index (χ0) is 24.2. The van der Waals surface area contributed by atoms with Crippen LogP contribution < -0.4 is 4.74 Å².